The lowest BCUT2D eigenvalue weighted by Crippen LogP contribution is -2.53. The minimum Gasteiger partial charge on any atom is -0.384 e. The average molecular weight is 347 g/mol. The second-order valence-corrected chi connectivity index (χ2v) is 9.54. The van der Waals surface area contributed by atoms with Crippen LogP contribution in [-0.2, 0) is 14.3 Å². The van der Waals surface area contributed by atoms with Gasteiger partial charge in [0.15, 0.2) is 0 Å². The molecule has 4 aliphatic rings. The predicted molar refractivity (Wildman–Crippen MR) is 98.3 cm³/mol. The van der Waals surface area contributed by atoms with Crippen molar-refractivity contribution in [2.75, 3.05) is 20.8 Å². The van der Waals surface area contributed by atoms with E-state index < -0.39 is 0 Å². The molecule has 0 aromatic carbocycles. The number of hydrogen-bond donors (Lipinski definition) is 0. The molecule has 0 aromatic heterocycles. The van der Waals surface area contributed by atoms with Gasteiger partial charge in [0, 0.05) is 32.0 Å². The van der Waals surface area contributed by atoms with Crippen molar-refractivity contribution >= 4 is 5.78 Å². The smallest absolute Gasteiger partial charge is 0.139 e. The Bertz CT molecular complexity index is 582. The van der Waals surface area contributed by atoms with Crippen LogP contribution in [0.1, 0.15) is 58.8 Å². The van der Waals surface area contributed by atoms with Gasteiger partial charge in [0.05, 0.1) is 12.7 Å². The van der Waals surface area contributed by atoms with E-state index in [2.05, 4.69) is 19.9 Å². The quantitative estimate of drug-likeness (QED) is 0.710. The zero-order valence-corrected chi connectivity index (χ0v) is 16.3. The van der Waals surface area contributed by atoms with E-state index in [0.29, 0.717) is 41.0 Å². The molecule has 25 heavy (non-hydrogen) atoms. The highest BCUT2D eigenvalue weighted by Crippen LogP contribution is 2.65. The molecule has 0 amide bonds. The Kier molecular flexibility index (Phi) is 4.39. The van der Waals surface area contributed by atoms with Gasteiger partial charge in [-0.1, -0.05) is 25.5 Å². The molecule has 0 aliphatic heterocycles. The van der Waals surface area contributed by atoms with Gasteiger partial charge in [-0.25, -0.2) is 0 Å². The summed E-state index contributed by atoms with van der Waals surface area (Å²) in [5.41, 5.74) is 1.84. The van der Waals surface area contributed by atoms with Gasteiger partial charge in [-0.15, -0.1) is 0 Å². The Morgan fingerprint density at radius 2 is 1.80 bits per heavy atom. The van der Waals surface area contributed by atoms with Crippen LogP contribution in [0.5, 0.6) is 0 Å². The van der Waals surface area contributed by atoms with E-state index in [1.54, 1.807) is 5.57 Å². The molecule has 0 heterocycles. The molecule has 0 spiro atoms. The third kappa shape index (κ3) is 2.49. The second-order valence-electron chi connectivity index (χ2n) is 9.54. The fourth-order valence-corrected chi connectivity index (χ4v) is 7.11. The first-order valence-electron chi connectivity index (χ1n) is 10.2. The molecular formula is C22H34O3. The first-order valence-corrected chi connectivity index (χ1v) is 10.2. The van der Waals surface area contributed by atoms with Crippen LogP contribution in [0.3, 0.4) is 0 Å². The Labute approximate surface area is 152 Å². The van der Waals surface area contributed by atoms with E-state index in [9.17, 15) is 4.79 Å². The standard InChI is InChI=1S/C22H34O3/c1-21-9-7-16(25-4)12-15(21)11-14(13-24-3)20-17-5-6-19(23)22(17,2)10-8-18(20)21/h11,14,16-18,20H,5-10,12-13H2,1-4H3. The second kappa shape index (κ2) is 6.20. The predicted octanol–water partition coefficient (Wildman–Crippen LogP) is 4.41. The van der Waals surface area contributed by atoms with Gasteiger partial charge < -0.3 is 9.47 Å². The van der Waals surface area contributed by atoms with Crippen molar-refractivity contribution in [3.8, 4) is 0 Å². The number of methoxy groups -OCH3 is 2. The van der Waals surface area contributed by atoms with E-state index in [1.807, 2.05) is 14.2 Å². The summed E-state index contributed by atoms with van der Waals surface area (Å²) in [6.07, 6.45) is 10.6. The van der Waals surface area contributed by atoms with Crippen LogP contribution in [0.2, 0.25) is 0 Å². The SMILES string of the molecule is COCC1C=C2CC(OC)CCC2(C)C2CCC3(C)C(=O)CCC3C12. The number of ether oxygens (including phenoxy) is 2. The van der Waals surface area contributed by atoms with Gasteiger partial charge in [-0.3, -0.25) is 4.79 Å². The molecule has 3 heteroatoms. The zero-order chi connectivity index (χ0) is 17.8. The number of rotatable bonds is 3. The van der Waals surface area contributed by atoms with Crippen molar-refractivity contribution in [2.24, 2.45) is 34.5 Å². The lowest BCUT2D eigenvalue weighted by Gasteiger charge is -2.59. The average Bonchev–Trinajstić information content (AvgIpc) is 2.90. The summed E-state index contributed by atoms with van der Waals surface area (Å²) in [7, 11) is 3.67. The molecule has 4 rings (SSSR count). The van der Waals surface area contributed by atoms with E-state index in [4.69, 9.17) is 9.47 Å². The highest BCUT2D eigenvalue weighted by atomic mass is 16.5. The molecule has 7 atom stereocenters. The maximum Gasteiger partial charge on any atom is 0.139 e. The van der Waals surface area contributed by atoms with Gasteiger partial charge in [0.1, 0.15) is 5.78 Å². The minimum absolute atomic E-state index is 0.0708. The van der Waals surface area contributed by atoms with E-state index in [-0.39, 0.29) is 5.41 Å². The van der Waals surface area contributed by atoms with Gasteiger partial charge in [-0.05, 0) is 61.7 Å². The summed E-state index contributed by atoms with van der Waals surface area (Å²) in [6.45, 7) is 5.56. The first-order chi connectivity index (χ1) is 11.9. The fourth-order valence-electron chi connectivity index (χ4n) is 7.11. The molecular weight excluding hydrogens is 312 g/mol. The molecule has 0 radical (unpaired) electrons. The summed E-state index contributed by atoms with van der Waals surface area (Å²) in [6, 6.07) is 0. The van der Waals surface area contributed by atoms with Crippen LogP contribution in [-0.4, -0.2) is 32.7 Å². The molecule has 0 N–H and O–H groups in total. The molecule has 3 fully saturated rings. The Hall–Kier alpha value is -0.670. The lowest BCUT2D eigenvalue weighted by molar-refractivity contribution is -0.134. The van der Waals surface area contributed by atoms with Crippen molar-refractivity contribution in [3.05, 3.63) is 11.6 Å². The molecule has 0 saturated heterocycles. The first kappa shape index (κ1) is 17.7. The van der Waals surface area contributed by atoms with E-state index in [0.717, 1.165) is 32.3 Å². The molecule has 7 unspecified atom stereocenters. The number of carbonyl (C=O) groups excluding carboxylic acids is 1. The van der Waals surface area contributed by atoms with Gasteiger partial charge in [-0.2, -0.15) is 0 Å². The summed E-state index contributed by atoms with van der Waals surface area (Å²) in [5, 5.41) is 0. The summed E-state index contributed by atoms with van der Waals surface area (Å²) in [5.74, 6) is 2.85. The van der Waals surface area contributed by atoms with Crippen LogP contribution in [0.15, 0.2) is 11.6 Å². The van der Waals surface area contributed by atoms with E-state index >= 15 is 0 Å². The Morgan fingerprint density at radius 3 is 2.52 bits per heavy atom. The van der Waals surface area contributed by atoms with Crippen molar-refractivity contribution < 1.29 is 14.3 Å². The van der Waals surface area contributed by atoms with Gasteiger partial charge in [0.2, 0.25) is 0 Å². The highest BCUT2D eigenvalue weighted by molar-refractivity contribution is 5.87. The maximum absolute atomic E-state index is 12.7. The summed E-state index contributed by atoms with van der Waals surface area (Å²) in [4.78, 5) is 12.7. The number of carbonyl (C=O) groups is 1. The summed E-state index contributed by atoms with van der Waals surface area (Å²) >= 11 is 0. The zero-order valence-electron chi connectivity index (χ0n) is 16.3. The fraction of sp³-hybridized carbons (Fsp3) is 0.864. The van der Waals surface area contributed by atoms with Crippen LogP contribution < -0.4 is 0 Å². The van der Waals surface area contributed by atoms with Crippen LogP contribution in [0, 0.1) is 34.5 Å². The largest absolute Gasteiger partial charge is 0.384 e. The molecule has 3 nitrogen and oxygen atoms in total. The lowest BCUT2D eigenvalue weighted by atomic mass is 9.46. The highest BCUT2D eigenvalue weighted by Gasteiger charge is 2.60. The van der Waals surface area contributed by atoms with Gasteiger partial charge in [0.25, 0.3) is 0 Å². The molecule has 4 aliphatic carbocycles. The topological polar surface area (TPSA) is 35.5 Å². The minimum atomic E-state index is -0.0708. The Morgan fingerprint density at radius 1 is 1.08 bits per heavy atom. The number of Topliss-reactive ketones (excluding diaryl/α,β-unsaturated/α-hetero) is 1. The van der Waals surface area contributed by atoms with Crippen molar-refractivity contribution in [1.29, 1.82) is 0 Å². The third-order valence-corrected chi connectivity index (χ3v) is 8.63. The van der Waals surface area contributed by atoms with Crippen molar-refractivity contribution in [3.63, 3.8) is 0 Å². The monoisotopic (exact) mass is 346 g/mol. The molecule has 0 aromatic rings. The van der Waals surface area contributed by atoms with Gasteiger partial charge >= 0.3 is 0 Å². The number of ketones is 1. The maximum atomic E-state index is 12.7. The van der Waals surface area contributed by atoms with Crippen LogP contribution in [0.4, 0.5) is 0 Å². The number of hydrogen-bond acceptors (Lipinski definition) is 3. The Balaban J connectivity index is 1.74. The molecule has 0 bridgehead atoms. The van der Waals surface area contributed by atoms with Crippen molar-refractivity contribution in [1.82, 2.24) is 0 Å². The molecule has 140 valence electrons. The molecule has 3 saturated carbocycles. The number of fused-ring (bicyclic) bond motifs is 5. The normalized spacial score (nSPS) is 49.2. The van der Waals surface area contributed by atoms with Crippen molar-refractivity contribution in [2.45, 2.75) is 64.9 Å². The van der Waals surface area contributed by atoms with Crippen LogP contribution >= 0.6 is 0 Å². The summed E-state index contributed by atoms with van der Waals surface area (Å²) < 4.78 is 11.3. The third-order valence-electron chi connectivity index (χ3n) is 8.63. The van der Waals surface area contributed by atoms with Crippen LogP contribution in [0.25, 0.3) is 0 Å². The van der Waals surface area contributed by atoms with E-state index in [1.165, 1.54) is 19.3 Å².